The van der Waals surface area contributed by atoms with Crippen molar-refractivity contribution in [2.45, 2.75) is 19.9 Å². The van der Waals surface area contributed by atoms with Gasteiger partial charge in [-0.3, -0.25) is 9.59 Å². The van der Waals surface area contributed by atoms with Crippen molar-refractivity contribution >= 4 is 23.2 Å². The molecule has 0 aliphatic heterocycles. The number of carbonyl (C=O) groups excluding carboxylic acids is 2. The molecule has 2 N–H and O–H groups in total. The maximum Gasteiger partial charge on any atom is 0.251 e. The molecule has 154 valence electrons. The lowest BCUT2D eigenvalue weighted by molar-refractivity contribution is -0.116. The fraction of sp³-hybridized carbons (Fsp3) is 0.200. The second-order valence-corrected chi connectivity index (χ2v) is 7.01. The van der Waals surface area contributed by atoms with Gasteiger partial charge in [0.15, 0.2) is 0 Å². The minimum atomic E-state index is -0.152. The van der Waals surface area contributed by atoms with Crippen molar-refractivity contribution in [3.63, 3.8) is 0 Å². The molecule has 0 aliphatic carbocycles. The van der Waals surface area contributed by atoms with Crippen LogP contribution in [0.25, 0.3) is 0 Å². The van der Waals surface area contributed by atoms with Crippen molar-refractivity contribution in [1.82, 2.24) is 5.32 Å². The Morgan fingerprint density at radius 1 is 0.900 bits per heavy atom. The lowest BCUT2D eigenvalue weighted by Gasteiger charge is -2.21. The van der Waals surface area contributed by atoms with Crippen LogP contribution in [0.3, 0.4) is 0 Å². The monoisotopic (exact) mass is 401 g/mol. The van der Waals surface area contributed by atoms with Gasteiger partial charge in [0.2, 0.25) is 5.91 Å². The third-order valence-corrected chi connectivity index (χ3v) is 4.90. The Bertz CT molecular complexity index is 974. The minimum absolute atomic E-state index is 0.0312. The van der Waals surface area contributed by atoms with Crippen molar-refractivity contribution in [1.29, 1.82) is 0 Å². The summed E-state index contributed by atoms with van der Waals surface area (Å²) < 4.78 is 0. The molecule has 1 atom stereocenters. The van der Waals surface area contributed by atoms with Crippen molar-refractivity contribution in [3.8, 4) is 0 Å². The number of carbonyl (C=O) groups is 2. The fourth-order valence-corrected chi connectivity index (χ4v) is 3.26. The van der Waals surface area contributed by atoms with Crippen LogP contribution in [0, 0.1) is 0 Å². The normalized spacial score (nSPS) is 11.4. The molecule has 0 heterocycles. The Kier molecular flexibility index (Phi) is 7.22. The van der Waals surface area contributed by atoms with Gasteiger partial charge < -0.3 is 15.5 Å². The van der Waals surface area contributed by atoms with Gasteiger partial charge in [-0.2, -0.15) is 0 Å². The first kappa shape index (κ1) is 21.1. The maximum absolute atomic E-state index is 12.7. The first-order valence-corrected chi connectivity index (χ1v) is 10.1. The van der Waals surface area contributed by atoms with Crippen LogP contribution in [-0.4, -0.2) is 24.9 Å². The number of rotatable bonds is 8. The molecule has 0 radical (unpaired) electrons. The molecule has 3 aromatic rings. The average Bonchev–Trinajstić information content (AvgIpc) is 2.79. The van der Waals surface area contributed by atoms with E-state index in [2.05, 4.69) is 10.6 Å². The molecule has 0 saturated heterocycles. The van der Waals surface area contributed by atoms with Crippen molar-refractivity contribution in [3.05, 3.63) is 96.1 Å². The van der Waals surface area contributed by atoms with E-state index in [1.54, 1.807) is 17.0 Å². The van der Waals surface area contributed by atoms with E-state index < -0.39 is 0 Å². The van der Waals surface area contributed by atoms with E-state index in [9.17, 15) is 9.59 Å². The SMILES string of the molecule is CCN(C(=O)CNc1cccc(C(=O)NC(C)c2ccccc2)c1)c1ccccc1. The molecule has 2 amide bonds. The second-order valence-electron chi connectivity index (χ2n) is 7.01. The summed E-state index contributed by atoms with van der Waals surface area (Å²) in [5, 5.41) is 6.15. The zero-order valence-electron chi connectivity index (χ0n) is 17.3. The Hall–Kier alpha value is -3.60. The lowest BCUT2D eigenvalue weighted by Crippen LogP contribution is -2.35. The number of likely N-dealkylation sites (N-methyl/N-ethyl adjacent to an activating group) is 1. The summed E-state index contributed by atoms with van der Waals surface area (Å²) >= 11 is 0. The molecule has 3 aromatic carbocycles. The largest absolute Gasteiger partial charge is 0.376 e. The van der Waals surface area contributed by atoms with Crippen LogP contribution >= 0.6 is 0 Å². The van der Waals surface area contributed by atoms with Crippen LogP contribution in [0.2, 0.25) is 0 Å². The van der Waals surface area contributed by atoms with E-state index in [1.165, 1.54) is 0 Å². The van der Waals surface area contributed by atoms with Crippen molar-refractivity contribution in [2.24, 2.45) is 0 Å². The van der Waals surface area contributed by atoms with E-state index in [1.807, 2.05) is 86.6 Å². The maximum atomic E-state index is 12.7. The number of nitrogens with zero attached hydrogens (tertiary/aromatic N) is 1. The van der Waals surface area contributed by atoms with E-state index in [0.29, 0.717) is 12.1 Å². The quantitative estimate of drug-likeness (QED) is 0.578. The summed E-state index contributed by atoms with van der Waals surface area (Å²) in [6.45, 7) is 4.64. The molecule has 5 heteroatoms. The van der Waals surface area contributed by atoms with Crippen LogP contribution < -0.4 is 15.5 Å². The summed E-state index contributed by atoms with van der Waals surface area (Å²) in [4.78, 5) is 27.0. The van der Waals surface area contributed by atoms with Gasteiger partial charge in [0.1, 0.15) is 0 Å². The van der Waals surface area contributed by atoms with Crippen LogP contribution in [0.5, 0.6) is 0 Å². The molecule has 0 saturated carbocycles. The van der Waals surface area contributed by atoms with Gasteiger partial charge in [-0.05, 0) is 49.7 Å². The summed E-state index contributed by atoms with van der Waals surface area (Å²) in [5.41, 5.74) is 3.19. The molecule has 3 rings (SSSR count). The highest BCUT2D eigenvalue weighted by molar-refractivity contribution is 5.97. The zero-order valence-corrected chi connectivity index (χ0v) is 17.3. The van der Waals surface area contributed by atoms with Gasteiger partial charge >= 0.3 is 0 Å². The highest BCUT2D eigenvalue weighted by Crippen LogP contribution is 2.16. The first-order chi connectivity index (χ1) is 14.6. The molecule has 5 nitrogen and oxygen atoms in total. The van der Waals surface area contributed by atoms with Crippen molar-refractivity contribution < 1.29 is 9.59 Å². The minimum Gasteiger partial charge on any atom is -0.376 e. The molecule has 1 unspecified atom stereocenters. The lowest BCUT2D eigenvalue weighted by atomic mass is 10.1. The number of benzene rings is 3. The number of amides is 2. The van der Waals surface area contributed by atoms with Crippen LogP contribution in [0.4, 0.5) is 11.4 Å². The second kappa shape index (κ2) is 10.3. The van der Waals surface area contributed by atoms with E-state index in [-0.39, 0.29) is 24.4 Å². The molecule has 0 aromatic heterocycles. The third-order valence-electron chi connectivity index (χ3n) is 4.90. The number of para-hydroxylation sites is 1. The van der Waals surface area contributed by atoms with Gasteiger partial charge in [0, 0.05) is 23.5 Å². The number of nitrogens with one attached hydrogen (secondary N) is 2. The molecular formula is C25H27N3O2. The first-order valence-electron chi connectivity index (χ1n) is 10.1. The van der Waals surface area contributed by atoms with Gasteiger partial charge in [-0.15, -0.1) is 0 Å². The van der Waals surface area contributed by atoms with Gasteiger partial charge in [-0.1, -0.05) is 54.6 Å². The Morgan fingerprint density at radius 2 is 1.57 bits per heavy atom. The standard InChI is InChI=1S/C25H27N3O2/c1-3-28(23-15-8-5-9-16-23)24(29)18-26-22-14-10-13-21(17-22)25(30)27-19(2)20-11-6-4-7-12-20/h4-17,19,26H,3,18H2,1-2H3,(H,27,30). The Balaban J connectivity index is 1.61. The Labute approximate surface area is 177 Å². The number of hydrogen-bond acceptors (Lipinski definition) is 3. The molecule has 0 fully saturated rings. The zero-order chi connectivity index (χ0) is 21.3. The summed E-state index contributed by atoms with van der Waals surface area (Å²) in [7, 11) is 0. The van der Waals surface area contributed by atoms with Gasteiger partial charge in [-0.25, -0.2) is 0 Å². The van der Waals surface area contributed by atoms with E-state index in [4.69, 9.17) is 0 Å². The van der Waals surface area contributed by atoms with Crippen LogP contribution in [0.15, 0.2) is 84.9 Å². The molecular weight excluding hydrogens is 374 g/mol. The van der Waals surface area contributed by atoms with E-state index >= 15 is 0 Å². The fourth-order valence-electron chi connectivity index (χ4n) is 3.26. The summed E-state index contributed by atoms with van der Waals surface area (Å²) in [6.07, 6.45) is 0. The average molecular weight is 402 g/mol. The van der Waals surface area contributed by atoms with Crippen LogP contribution in [-0.2, 0) is 4.79 Å². The summed E-state index contributed by atoms with van der Waals surface area (Å²) in [5.74, 6) is -0.183. The summed E-state index contributed by atoms with van der Waals surface area (Å²) in [6, 6.07) is 26.5. The Morgan fingerprint density at radius 3 is 2.23 bits per heavy atom. The van der Waals surface area contributed by atoms with Gasteiger partial charge in [0.25, 0.3) is 5.91 Å². The molecule has 0 spiro atoms. The van der Waals surface area contributed by atoms with Crippen LogP contribution in [0.1, 0.15) is 35.8 Å². The predicted molar refractivity (Wildman–Crippen MR) is 122 cm³/mol. The predicted octanol–water partition coefficient (Wildman–Crippen LogP) is 4.64. The molecule has 0 aliphatic rings. The number of hydrogen-bond donors (Lipinski definition) is 2. The smallest absolute Gasteiger partial charge is 0.251 e. The number of anilines is 2. The highest BCUT2D eigenvalue weighted by atomic mass is 16.2. The third kappa shape index (κ3) is 5.47. The van der Waals surface area contributed by atoms with E-state index in [0.717, 1.165) is 16.9 Å². The highest BCUT2D eigenvalue weighted by Gasteiger charge is 2.14. The topological polar surface area (TPSA) is 61.4 Å². The van der Waals surface area contributed by atoms with Crippen molar-refractivity contribution in [2.75, 3.05) is 23.3 Å². The van der Waals surface area contributed by atoms with Gasteiger partial charge in [0.05, 0.1) is 12.6 Å². The molecule has 30 heavy (non-hydrogen) atoms. The molecule has 0 bridgehead atoms.